The van der Waals surface area contributed by atoms with E-state index >= 15 is 0 Å². The van der Waals surface area contributed by atoms with Gasteiger partial charge < -0.3 is 11.1 Å². The van der Waals surface area contributed by atoms with Gasteiger partial charge in [0, 0.05) is 19.0 Å². The van der Waals surface area contributed by atoms with Crippen LogP contribution in [-0.4, -0.2) is 18.5 Å². The topological polar surface area (TPSA) is 55.1 Å². The van der Waals surface area contributed by atoms with Gasteiger partial charge in [0.05, 0.1) is 0 Å². The van der Waals surface area contributed by atoms with Crippen LogP contribution in [0.5, 0.6) is 0 Å². The first kappa shape index (κ1) is 8.53. The summed E-state index contributed by atoms with van der Waals surface area (Å²) in [4.78, 5) is 11.0. The maximum Gasteiger partial charge on any atom is 0.221 e. The van der Waals surface area contributed by atoms with E-state index in [0.29, 0.717) is 6.42 Å². The molecule has 0 saturated heterocycles. The van der Waals surface area contributed by atoms with Gasteiger partial charge in [-0.3, -0.25) is 4.79 Å². The zero-order chi connectivity index (χ0) is 8.27. The molecule has 0 aromatic rings. The molecule has 11 heavy (non-hydrogen) atoms. The average molecular weight is 156 g/mol. The van der Waals surface area contributed by atoms with Gasteiger partial charge in [-0.05, 0) is 25.7 Å². The zero-order valence-electron chi connectivity index (χ0n) is 6.97. The highest BCUT2D eigenvalue weighted by molar-refractivity contribution is 5.76. The molecule has 1 aliphatic rings. The van der Waals surface area contributed by atoms with Crippen molar-refractivity contribution in [2.75, 3.05) is 6.54 Å². The van der Waals surface area contributed by atoms with Gasteiger partial charge in [-0.1, -0.05) is 0 Å². The number of hydrogen-bond acceptors (Lipinski definition) is 2. The molecule has 0 aromatic heterocycles. The zero-order valence-corrected chi connectivity index (χ0v) is 6.97. The number of nitrogens with two attached hydrogens (primary N) is 1. The molecule has 3 heteroatoms. The van der Waals surface area contributed by atoms with E-state index in [1.807, 2.05) is 6.92 Å². The van der Waals surface area contributed by atoms with E-state index < -0.39 is 0 Å². The van der Waals surface area contributed by atoms with Crippen molar-refractivity contribution in [2.24, 2.45) is 11.7 Å². The second kappa shape index (κ2) is 3.72. The van der Waals surface area contributed by atoms with Crippen molar-refractivity contribution in [3.8, 4) is 0 Å². The fourth-order valence-corrected chi connectivity index (χ4v) is 0.945. The number of amides is 1. The fraction of sp³-hybridized carbons (Fsp3) is 0.875. The normalized spacial score (nSPS) is 19.5. The molecule has 1 unspecified atom stereocenters. The second-order valence-corrected chi connectivity index (χ2v) is 3.43. The lowest BCUT2D eigenvalue weighted by Gasteiger charge is -2.05. The Bertz CT molecular complexity index is 141. The molecule has 1 rings (SSSR count). The summed E-state index contributed by atoms with van der Waals surface area (Å²) in [6.45, 7) is 2.70. The molecule has 0 bridgehead atoms. The Morgan fingerprint density at radius 2 is 2.36 bits per heavy atom. The first-order chi connectivity index (χ1) is 5.18. The Morgan fingerprint density at radius 1 is 1.73 bits per heavy atom. The lowest BCUT2D eigenvalue weighted by molar-refractivity contribution is -0.121. The van der Waals surface area contributed by atoms with Gasteiger partial charge >= 0.3 is 0 Å². The summed E-state index contributed by atoms with van der Waals surface area (Å²) in [7, 11) is 0. The Kier molecular flexibility index (Phi) is 2.88. The van der Waals surface area contributed by atoms with Crippen LogP contribution in [0.4, 0.5) is 0 Å². The summed E-state index contributed by atoms with van der Waals surface area (Å²) in [6, 6.07) is -0.0193. The Labute approximate surface area is 67.3 Å². The molecule has 3 nitrogen and oxygen atoms in total. The van der Waals surface area contributed by atoms with Crippen LogP contribution in [0.25, 0.3) is 0 Å². The summed E-state index contributed by atoms with van der Waals surface area (Å²) in [5, 5.41) is 2.86. The van der Waals surface area contributed by atoms with Gasteiger partial charge in [0.2, 0.25) is 5.91 Å². The van der Waals surface area contributed by atoms with E-state index in [4.69, 9.17) is 5.73 Å². The molecule has 0 aromatic carbocycles. The van der Waals surface area contributed by atoms with Crippen LogP contribution >= 0.6 is 0 Å². The Hall–Kier alpha value is -0.570. The van der Waals surface area contributed by atoms with Crippen LogP contribution in [0, 0.1) is 5.92 Å². The van der Waals surface area contributed by atoms with Crippen molar-refractivity contribution in [3.05, 3.63) is 0 Å². The lowest BCUT2D eigenvalue weighted by Crippen LogP contribution is -2.31. The monoisotopic (exact) mass is 156 g/mol. The summed E-state index contributed by atoms with van der Waals surface area (Å²) in [5.41, 5.74) is 5.45. The molecule has 3 N–H and O–H groups in total. The quantitative estimate of drug-likeness (QED) is 0.613. The standard InChI is InChI=1S/C8H16N2O/c1-6(9)4-8(11)10-5-7-2-3-7/h6-7H,2-5,9H2,1H3,(H,10,11). The largest absolute Gasteiger partial charge is 0.356 e. The van der Waals surface area contributed by atoms with Crippen LogP contribution in [0.15, 0.2) is 0 Å². The van der Waals surface area contributed by atoms with E-state index in [0.717, 1.165) is 12.5 Å². The molecule has 0 spiro atoms. The number of hydrogen-bond donors (Lipinski definition) is 2. The third kappa shape index (κ3) is 3.98. The SMILES string of the molecule is CC(N)CC(=O)NCC1CC1. The highest BCUT2D eigenvalue weighted by Crippen LogP contribution is 2.27. The molecular weight excluding hydrogens is 140 g/mol. The predicted molar refractivity (Wildman–Crippen MR) is 44.0 cm³/mol. The lowest BCUT2D eigenvalue weighted by atomic mass is 10.2. The van der Waals surface area contributed by atoms with Gasteiger partial charge in [-0.25, -0.2) is 0 Å². The van der Waals surface area contributed by atoms with Crippen molar-refractivity contribution >= 4 is 5.91 Å². The molecule has 0 aliphatic heterocycles. The average Bonchev–Trinajstić information content (AvgIpc) is 2.63. The Balaban J connectivity index is 2.00. The minimum atomic E-state index is -0.0193. The highest BCUT2D eigenvalue weighted by Gasteiger charge is 2.21. The van der Waals surface area contributed by atoms with E-state index in [1.54, 1.807) is 0 Å². The van der Waals surface area contributed by atoms with Crippen LogP contribution in [-0.2, 0) is 4.79 Å². The van der Waals surface area contributed by atoms with Gasteiger partial charge in [-0.2, -0.15) is 0 Å². The molecule has 64 valence electrons. The van der Waals surface area contributed by atoms with E-state index in [2.05, 4.69) is 5.32 Å². The molecular formula is C8H16N2O. The van der Waals surface area contributed by atoms with Crippen molar-refractivity contribution in [1.29, 1.82) is 0 Å². The first-order valence-electron chi connectivity index (χ1n) is 4.20. The van der Waals surface area contributed by atoms with Gasteiger partial charge in [0.15, 0.2) is 0 Å². The minimum absolute atomic E-state index is 0.0193. The van der Waals surface area contributed by atoms with E-state index in [-0.39, 0.29) is 11.9 Å². The number of nitrogens with one attached hydrogen (secondary N) is 1. The molecule has 1 aliphatic carbocycles. The van der Waals surface area contributed by atoms with Crippen LogP contribution < -0.4 is 11.1 Å². The molecule has 1 amide bonds. The summed E-state index contributed by atoms with van der Waals surface area (Å²) >= 11 is 0. The Morgan fingerprint density at radius 3 is 2.82 bits per heavy atom. The summed E-state index contributed by atoms with van der Waals surface area (Å²) < 4.78 is 0. The summed E-state index contributed by atoms with van der Waals surface area (Å²) in [5.74, 6) is 0.846. The van der Waals surface area contributed by atoms with Gasteiger partial charge in [0.25, 0.3) is 0 Å². The van der Waals surface area contributed by atoms with Crippen LogP contribution in [0.3, 0.4) is 0 Å². The maximum atomic E-state index is 11.0. The smallest absolute Gasteiger partial charge is 0.221 e. The van der Waals surface area contributed by atoms with Crippen LogP contribution in [0.1, 0.15) is 26.2 Å². The molecule has 1 saturated carbocycles. The third-order valence-corrected chi connectivity index (χ3v) is 1.79. The fourth-order valence-electron chi connectivity index (χ4n) is 0.945. The summed E-state index contributed by atoms with van der Waals surface area (Å²) in [6.07, 6.45) is 3.00. The van der Waals surface area contributed by atoms with Crippen molar-refractivity contribution in [3.63, 3.8) is 0 Å². The highest BCUT2D eigenvalue weighted by atomic mass is 16.1. The predicted octanol–water partition coefficient (Wildman–Crippen LogP) is 0.250. The van der Waals surface area contributed by atoms with Crippen molar-refractivity contribution in [2.45, 2.75) is 32.2 Å². The van der Waals surface area contributed by atoms with E-state index in [1.165, 1.54) is 12.8 Å². The van der Waals surface area contributed by atoms with E-state index in [9.17, 15) is 4.79 Å². The maximum absolute atomic E-state index is 11.0. The molecule has 0 heterocycles. The second-order valence-electron chi connectivity index (χ2n) is 3.43. The third-order valence-electron chi connectivity index (χ3n) is 1.79. The van der Waals surface area contributed by atoms with Gasteiger partial charge in [0.1, 0.15) is 0 Å². The number of carbonyl (C=O) groups excluding carboxylic acids is 1. The number of rotatable bonds is 4. The van der Waals surface area contributed by atoms with Crippen molar-refractivity contribution < 1.29 is 4.79 Å². The van der Waals surface area contributed by atoms with Crippen LogP contribution in [0.2, 0.25) is 0 Å². The first-order valence-corrected chi connectivity index (χ1v) is 4.20. The molecule has 1 fully saturated rings. The number of carbonyl (C=O) groups is 1. The molecule has 1 atom stereocenters. The van der Waals surface area contributed by atoms with Gasteiger partial charge in [-0.15, -0.1) is 0 Å². The molecule has 0 radical (unpaired) electrons. The van der Waals surface area contributed by atoms with Crippen molar-refractivity contribution in [1.82, 2.24) is 5.32 Å². The minimum Gasteiger partial charge on any atom is -0.356 e.